The van der Waals surface area contributed by atoms with Crippen LogP contribution in [-0.4, -0.2) is 36.2 Å². The molecule has 0 saturated heterocycles. The smallest absolute Gasteiger partial charge is 0.405 e. The number of halogens is 3. The van der Waals surface area contributed by atoms with Gasteiger partial charge in [-0.15, -0.1) is 0 Å². The van der Waals surface area contributed by atoms with Crippen LogP contribution in [0.15, 0.2) is 22.8 Å². The first-order valence-electron chi connectivity index (χ1n) is 5.51. The van der Waals surface area contributed by atoms with E-state index in [1.54, 1.807) is 0 Å². The highest BCUT2D eigenvalue weighted by Gasteiger charge is 2.31. The molecule has 112 valence electrons. The summed E-state index contributed by atoms with van der Waals surface area (Å²) in [6, 6.07) is 2.97. The molecule has 0 aliphatic carbocycles. The average Bonchev–Trinajstić information content (AvgIpc) is 2.86. The molecule has 0 aliphatic rings. The summed E-state index contributed by atoms with van der Waals surface area (Å²) < 4.78 is 40.5. The van der Waals surface area contributed by atoms with Crippen molar-refractivity contribution >= 4 is 11.8 Å². The van der Waals surface area contributed by atoms with E-state index < -0.39 is 36.7 Å². The predicted molar refractivity (Wildman–Crippen MR) is 60.4 cm³/mol. The van der Waals surface area contributed by atoms with Crippen molar-refractivity contribution in [2.75, 3.05) is 13.1 Å². The largest absolute Gasteiger partial charge is 0.466 e. The minimum absolute atomic E-state index is 0.147. The maximum absolute atomic E-state index is 11.8. The van der Waals surface area contributed by atoms with Crippen molar-refractivity contribution in [2.45, 2.75) is 18.7 Å². The third-order valence-corrected chi connectivity index (χ3v) is 2.30. The first kappa shape index (κ1) is 16.0. The van der Waals surface area contributed by atoms with E-state index in [9.17, 15) is 27.9 Å². The van der Waals surface area contributed by atoms with Gasteiger partial charge in [0.15, 0.2) is 0 Å². The van der Waals surface area contributed by atoms with Crippen molar-refractivity contribution in [1.29, 1.82) is 0 Å². The van der Waals surface area contributed by atoms with Crippen LogP contribution in [-0.2, 0) is 15.2 Å². The van der Waals surface area contributed by atoms with Gasteiger partial charge in [0.05, 0.1) is 12.8 Å². The Labute approximate surface area is 111 Å². The van der Waals surface area contributed by atoms with Gasteiger partial charge in [-0.05, 0) is 19.1 Å². The van der Waals surface area contributed by atoms with Gasteiger partial charge in [0.1, 0.15) is 17.9 Å². The normalized spacial score (nSPS) is 14.4. The van der Waals surface area contributed by atoms with E-state index in [1.807, 2.05) is 5.32 Å². The van der Waals surface area contributed by atoms with E-state index in [4.69, 9.17) is 4.42 Å². The lowest BCUT2D eigenvalue weighted by Gasteiger charge is -2.20. The molecule has 1 rings (SSSR count). The number of aliphatic hydroxyl groups is 1. The number of amides is 2. The quantitative estimate of drug-likeness (QED) is 0.696. The summed E-state index contributed by atoms with van der Waals surface area (Å²) >= 11 is 0. The molecule has 0 saturated carbocycles. The molecule has 1 atom stereocenters. The first-order valence-corrected chi connectivity index (χ1v) is 5.51. The second-order valence-electron chi connectivity index (χ2n) is 4.23. The fourth-order valence-electron chi connectivity index (χ4n) is 1.27. The third kappa shape index (κ3) is 4.92. The van der Waals surface area contributed by atoms with Gasteiger partial charge in [0, 0.05) is 0 Å². The van der Waals surface area contributed by atoms with Crippen molar-refractivity contribution in [3.05, 3.63) is 24.2 Å². The molecular formula is C11H13F3N2O4. The average molecular weight is 294 g/mol. The Bertz CT molecular complexity index is 469. The van der Waals surface area contributed by atoms with Crippen LogP contribution in [0.4, 0.5) is 13.2 Å². The molecule has 0 bridgehead atoms. The number of carbonyl (C=O) groups is 2. The maximum Gasteiger partial charge on any atom is 0.405 e. The number of alkyl halides is 3. The van der Waals surface area contributed by atoms with E-state index in [0.717, 1.165) is 0 Å². The molecule has 0 aliphatic heterocycles. The number of hydrogen-bond acceptors (Lipinski definition) is 4. The van der Waals surface area contributed by atoms with Crippen molar-refractivity contribution in [2.24, 2.45) is 0 Å². The second kappa shape index (κ2) is 5.95. The molecule has 2 amide bonds. The molecule has 1 aromatic heterocycles. The van der Waals surface area contributed by atoms with Crippen molar-refractivity contribution in [3.8, 4) is 0 Å². The lowest BCUT2D eigenvalue weighted by molar-refractivity contribution is -0.146. The second-order valence-corrected chi connectivity index (χ2v) is 4.23. The Balaban J connectivity index is 2.45. The third-order valence-electron chi connectivity index (χ3n) is 2.30. The number of furan rings is 1. The van der Waals surface area contributed by atoms with E-state index in [1.165, 1.54) is 30.6 Å². The van der Waals surface area contributed by atoms with Crippen LogP contribution in [0.5, 0.6) is 0 Å². The highest BCUT2D eigenvalue weighted by atomic mass is 19.4. The Hall–Kier alpha value is -2.03. The number of rotatable bonds is 4. The van der Waals surface area contributed by atoms with Gasteiger partial charge < -0.3 is 20.2 Å². The molecule has 0 aromatic carbocycles. The monoisotopic (exact) mass is 294 g/mol. The SMILES string of the molecule is CC(O)(CNC(=O)C(=O)NCC(F)(F)F)c1ccco1. The van der Waals surface area contributed by atoms with E-state index >= 15 is 0 Å². The Morgan fingerprint density at radius 1 is 1.25 bits per heavy atom. The van der Waals surface area contributed by atoms with Crippen molar-refractivity contribution in [3.63, 3.8) is 0 Å². The standard InChI is InChI=1S/C11H13F3N2O4/c1-10(19,7-3-2-4-20-7)5-15-8(17)9(18)16-6-11(12,13)14/h2-4,19H,5-6H2,1H3,(H,15,17)(H,16,18). The van der Waals surface area contributed by atoms with Crippen LogP contribution in [0.2, 0.25) is 0 Å². The molecule has 0 spiro atoms. The maximum atomic E-state index is 11.8. The number of carbonyl (C=O) groups excluding carboxylic acids is 2. The summed E-state index contributed by atoms with van der Waals surface area (Å²) in [5, 5.41) is 13.4. The van der Waals surface area contributed by atoms with Gasteiger partial charge in [-0.3, -0.25) is 9.59 Å². The van der Waals surface area contributed by atoms with Gasteiger partial charge in [-0.1, -0.05) is 0 Å². The summed E-state index contributed by atoms with van der Waals surface area (Å²) in [6.45, 7) is -0.674. The molecule has 1 unspecified atom stereocenters. The molecule has 3 N–H and O–H groups in total. The summed E-state index contributed by atoms with van der Waals surface area (Å²) in [5.41, 5.74) is -1.58. The zero-order valence-electron chi connectivity index (χ0n) is 10.5. The highest BCUT2D eigenvalue weighted by Crippen LogP contribution is 2.19. The molecule has 20 heavy (non-hydrogen) atoms. The molecule has 0 radical (unpaired) electrons. The van der Waals surface area contributed by atoms with Crippen molar-refractivity contribution in [1.82, 2.24) is 10.6 Å². The van der Waals surface area contributed by atoms with Crippen LogP contribution in [0, 0.1) is 0 Å². The fraction of sp³-hybridized carbons (Fsp3) is 0.455. The van der Waals surface area contributed by atoms with E-state index in [0.29, 0.717) is 0 Å². The summed E-state index contributed by atoms with van der Waals surface area (Å²) in [7, 11) is 0. The molecule has 9 heteroatoms. The van der Waals surface area contributed by atoms with Crippen LogP contribution in [0.3, 0.4) is 0 Å². The summed E-state index contributed by atoms with van der Waals surface area (Å²) in [5.74, 6) is -2.56. The Kier molecular flexibility index (Phi) is 4.77. The number of hydrogen-bond donors (Lipinski definition) is 3. The Morgan fingerprint density at radius 3 is 2.25 bits per heavy atom. The zero-order valence-corrected chi connectivity index (χ0v) is 10.5. The lowest BCUT2D eigenvalue weighted by Crippen LogP contribution is -2.47. The molecular weight excluding hydrogens is 281 g/mol. The number of nitrogens with one attached hydrogen (secondary N) is 2. The van der Waals surface area contributed by atoms with Gasteiger partial charge in [-0.25, -0.2) is 0 Å². The van der Waals surface area contributed by atoms with E-state index in [-0.39, 0.29) is 5.76 Å². The van der Waals surface area contributed by atoms with Crippen molar-refractivity contribution < 1.29 is 32.3 Å². The van der Waals surface area contributed by atoms with Gasteiger partial charge in [0.25, 0.3) is 0 Å². The summed E-state index contributed by atoms with van der Waals surface area (Å²) in [6.07, 6.45) is -3.29. The zero-order chi connectivity index (χ0) is 15.4. The van der Waals surface area contributed by atoms with Crippen LogP contribution in [0.25, 0.3) is 0 Å². The molecule has 0 fully saturated rings. The van der Waals surface area contributed by atoms with Gasteiger partial charge >= 0.3 is 18.0 Å². The minimum atomic E-state index is -4.60. The Morgan fingerprint density at radius 2 is 1.80 bits per heavy atom. The summed E-state index contributed by atoms with van der Waals surface area (Å²) in [4.78, 5) is 22.3. The van der Waals surface area contributed by atoms with Crippen LogP contribution in [0.1, 0.15) is 12.7 Å². The van der Waals surface area contributed by atoms with E-state index in [2.05, 4.69) is 0 Å². The van der Waals surface area contributed by atoms with Gasteiger partial charge in [0.2, 0.25) is 0 Å². The molecule has 6 nitrogen and oxygen atoms in total. The lowest BCUT2D eigenvalue weighted by atomic mass is 10.0. The van der Waals surface area contributed by atoms with Gasteiger partial charge in [-0.2, -0.15) is 13.2 Å². The first-order chi connectivity index (χ1) is 9.12. The highest BCUT2D eigenvalue weighted by molar-refractivity contribution is 6.35. The topological polar surface area (TPSA) is 91.6 Å². The predicted octanol–water partition coefficient (Wildman–Crippen LogP) is 0.282. The minimum Gasteiger partial charge on any atom is -0.466 e. The fourth-order valence-corrected chi connectivity index (χ4v) is 1.27. The molecule has 1 aromatic rings. The van der Waals surface area contributed by atoms with Crippen LogP contribution >= 0.6 is 0 Å². The molecule has 1 heterocycles. The van der Waals surface area contributed by atoms with Crippen LogP contribution < -0.4 is 10.6 Å².